The minimum absolute atomic E-state index is 0.688. The van der Waals surface area contributed by atoms with Crippen molar-refractivity contribution >= 4 is 27.6 Å². The SMILES string of the molecule is C/C=C\c1cc(-c2ccc(-c3cc(-c4ccc(-c5cccc6ccccc56)cc4)nc(-c4cccc(-c5ccc6ccccc6c5)c4)n3)cc2)cnc1CC. The van der Waals surface area contributed by atoms with Crippen molar-refractivity contribution < 1.29 is 0 Å². The minimum atomic E-state index is 0.688. The molecule has 0 amide bonds. The summed E-state index contributed by atoms with van der Waals surface area (Å²) in [6, 6.07) is 60.5. The number of rotatable bonds is 8. The van der Waals surface area contributed by atoms with Gasteiger partial charge >= 0.3 is 0 Å². The molecule has 0 fully saturated rings. The number of hydrogen-bond acceptors (Lipinski definition) is 3. The zero-order chi connectivity index (χ0) is 37.1. The molecule has 0 saturated carbocycles. The summed E-state index contributed by atoms with van der Waals surface area (Å²) in [5.41, 5.74) is 13.9. The standard InChI is InChI=1S/C52H39N3/c1-3-11-44-32-46(34-53-49(44)4-2)36-20-25-39(26-21-36)50-33-51(40-27-23-38(24-28-40)48-19-10-15-37-13-7-8-18-47(37)48)55-52(54-50)45-17-9-16-42(31-45)43-29-22-35-12-5-6-14-41(35)30-43/h3,5-34H,4H2,1-2H3/b11-3-. The van der Waals surface area contributed by atoms with E-state index in [0.29, 0.717) is 5.82 Å². The number of fused-ring (bicyclic) bond motifs is 2. The van der Waals surface area contributed by atoms with Gasteiger partial charge in [-0.3, -0.25) is 4.98 Å². The number of aromatic nitrogens is 3. The Bertz CT molecular complexity index is 2840. The van der Waals surface area contributed by atoms with Crippen molar-refractivity contribution in [3.05, 3.63) is 193 Å². The van der Waals surface area contributed by atoms with E-state index in [1.165, 1.54) is 32.7 Å². The molecule has 9 aromatic rings. The molecule has 0 N–H and O–H groups in total. The zero-order valence-corrected chi connectivity index (χ0v) is 30.9. The van der Waals surface area contributed by atoms with Gasteiger partial charge in [0.1, 0.15) is 0 Å². The summed E-state index contributed by atoms with van der Waals surface area (Å²) in [5.74, 6) is 0.688. The summed E-state index contributed by atoms with van der Waals surface area (Å²) in [7, 11) is 0. The number of hydrogen-bond donors (Lipinski definition) is 0. The van der Waals surface area contributed by atoms with E-state index in [1.54, 1.807) is 0 Å². The Labute approximate surface area is 322 Å². The van der Waals surface area contributed by atoms with Gasteiger partial charge in [0.2, 0.25) is 0 Å². The first-order chi connectivity index (χ1) is 27.1. The van der Waals surface area contributed by atoms with E-state index in [2.05, 4.69) is 189 Å². The van der Waals surface area contributed by atoms with Gasteiger partial charge in [-0.15, -0.1) is 0 Å². The number of nitrogens with zero attached hydrogens (tertiary/aromatic N) is 3. The second kappa shape index (κ2) is 14.8. The van der Waals surface area contributed by atoms with E-state index in [-0.39, 0.29) is 0 Å². The third kappa shape index (κ3) is 6.85. The monoisotopic (exact) mass is 705 g/mol. The topological polar surface area (TPSA) is 38.7 Å². The van der Waals surface area contributed by atoms with Crippen LogP contribution < -0.4 is 0 Å². The van der Waals surface area contributed by atoms with Crippen molar-refractivity contribution in [1.29, 1.82) is 0 Å². The smallest absolute Gasteiger partial charge is 0.160 e. The molecule has 0 aliphatic heterocycles. The molecule has 55 heavy (non-hydrogen) atoms. The molecule has 0 unspecified atom stereocenters. The predicted molar refractivity (Wildman–Crippen MR) is 232 cm³/mol. The molecule has 7 aromatic carbocycles. The van der Waals surface area contributed by atoms with Gasteiger partial charge in [-0.05, 0) is 92.5 Å². The van der Waals surface area contributed by atoms with Crippen molar-refractivity contribution in [2.24, 2.45) is 0 Å². The Hall–Kier alpha value is -6.97. The fraction of sp³-hybridized carbons (Fsp3) is 0.0577. The van der Waals surface area contributed by atoms with Crippen LogP contribution in [0.15, 0.2) is 182 Å². The summed E-state index contributed by atoms with van der Waals surface area (Å²) >= 11 is 0. The first-order valence-electron chi connectivity index (χ1n) is 18.9. The van der Waals surface area contributed by atoms with Crippen LogP contribution in [0.3, 0.4) is 0 Å². The van der Waals surface area contributed by atoms with Crippen molar-refractivity contribution in [2.75, 3.05) is 0 Å². The Balaban J connectivity index is 1.12. The largest absolute Gasteiger partial charge is 0.260 e. The number of benzene rings is 7. The van der Waals surface area contributed by atoms with Crippen LogP contribution in [0.4, 0.5) is 0 Å². The lowest BCUT2D eigenvalue weighted by Crippen LogP contribution is -1.96. The van der Waals surface area contributed by atoms with Crippen LogP contribution in [0.25, 0.3) is 94.9 Å². The molecular weight excluding hydrogens is 667 g/mol. The fourth-order valence-corrected chi connectivity index (χ4v) is 7.50. The Morgan fingerprint density at radius 2 is 1.05 bits per heavy atom. The summed E-state index contributed by atoms with van der Waals surface area (Å²) in [5, 5.41) is 4.93. The molecule has 3 heteroatoms. The van der Waals surface area contributed by atoms with Crippen LogP contribution in [0.1, 0.15) is 25.1 Å². The summed E-state index contributed by atoms with van der Waals surface area (Å²) in [6.07, 6.45) is 7.08. The van der Waals surface area contributed by atoms with Crippen molar-refractivity contribution in [3.63, 3.8) is 0 Å². The highest BCUT2D eigenvalue weighted by Crippen LogP contribution is 2.34. The van der Waals surface area contributed by atoms with Crippen LogP contribution >= 0.6 is 0 Å². The third-order valence-corrected chi connectivity index (χ3v) is 10.4. The van der Waals surface area contributed by atoms with E-state index >= 15 is 0 Å². The number of allylic oxidation sites excluding steroid dienone is 1. The number of aryl methyl sites for hydroxylation is 1. The lowest BCUT2D eigenvalue weighted by molar-refractivity contribution is 1.03. The quantitative estimate of drug-likeness (QED) is 0.158. The van der Waals surface area contributed by atoms with Crippen LogP contribution in [0.5, 0.6) is 0 Å². The van der Waals surface area contributed by atoms with E-state index < -0.39 is 0 Å². The maximum absolute atomic E-state index is 5.22. The highest BCUT2D eigenvalue weighted by molar-refractivity contribution is 5.97. The number of pyridine rings is 1. The first-order valence-corrected chi connectivity index (χ1v) is 18.9. The molecule has 0 atom stereocenters. The normalized spacial score (nSPS) is 11.5. The molecule has 0 aliphatic carbocycles. The van der Waals surface area contributed by atoms with E-state index in [4.69, 9.17) is 15.0 Å². The lowest BCUT2D eigenvalue weighted by Gasteiger charge is -2.12. The molecule has 0 saturated heterocycles. The average molecular weight is 706 g/mol. The van der Waals surface area contributed by atoms with Gasteiger partial charge in [-0.1, -0.05) is 165 Å². The lowest BCUT2D eigenvalue weighted by atomic mass is 9.96. The molecule has 2 aromatic heterocycles. The molecule has 262 valence electrons. The van der Waals surface area contributed by atoms with Crippen molar-refractivity contribution in [3.8, 4) is 67.3 Å². The Morgan fingerprint density at radius 1 is 0.455 bits per heavy atom. The third-order valence-electron chi connectivity index (χ3n) is 10.4. The molecule has 0 bridgehead atoms. The second-order valence-corrected chi connectivity index (χ2v) is 13.9. The van der Waals surface area contributed by atoms with Crippen molar-refractivity contribution in [2.45, 2.75) is 20.3 Å². The van der Waals surface area contributed by atoms with Gasteiger partial charge in [0, 0.05) is 34.1 Å². The predicted octanol–water partition coefficient (Wildman–Crippen LogP) is 13.8. The second-order valence-electron chi connectivity index (χ2n) is 13.9. The van der Waals surface area contributed by atoms with Crippen LogP contribution in [0, 0.1) is 0 Å². The van der Waals surface area contributed by atoms with E-state index in [9.17, 15) is 0 Å². The molecule has 2 heterocycles. The molecular formula is C52H39N3. The summed E-state index contributed by atoms with van der Waals surface area (Å²) in [4.78, 5) is 15.2. The van der Waals surface area contributed by atoms with Gasteiger partial charge in [-0.25, -0.2) is 9.97 Å². The van der Waals surface area contributed by atoms with Crippen LogP contribution in [0.2, 0.25) is 0 Å². The Morgan fingerprint density at radius 3 is 1.80 bits per heavy atom. The minimum Gasteiger partial charge on any atom is -0.260 e. The molecule has 3 nitrogen and oxygen atoms in total. The van der Waals surface area contributed by atoms with Crippen LogP contribution in [-0.2, 0) is 6.42 Å². The maximum Gasteiger partial charge on any atom is 0.160 e. The summed E-state index contributed by atoms with van der Waals surface area (Å²) < 4.78 is 0. The van der Waals surface area contributed by atoms with Gasteiger partial charge in [0.25, 0.3) is 0 Å². The molecule has 0 radical (unpaired) electrons. The molecule has 9 rings (SSSR count). The van der Waals surface area contributed by atoms with Gasteiger partial charge in [-0.2, -0.15) is 0 Å². The van der Waals surface area contributed by atoms with Gasteiger partial charge < -0.3 is 0 Å². The first kappa shape index (κ1) is 33.8. The summed E-state index contributed by atoms with van der Waals surface area (Å²) in [6.45, 7) is 4.19. The molecule has 0 aliphatic rings. The van der Waals surface area contributed by atoms with E-state index in [1.807, 2.05) is 13.1 Å². The average Bonchev–Trinajstić information content (AvgIpc) is 3.26. The maximum atomic E-state index is 5.22. The van der Waals surface area contributed by atoms with E-state index in [0.717, 1.165) is 68.0 Å². The highest BCUT2D eigenvalue weighted by Gasteiger charge is 2.14. The van der Waals surface area contributed by atoms with Gasteiger partial charge in [0.15, 0.2) is 5.82 Å². The Kier molecular flexibility index (Phi) is 9.11. The van der Waals surface area contributed by atoms with Crippen LogP contribution in [-0.4, -0.2) is 15.0 Å². The molecule has 0 spiro atoms. The zero-order valence-electron chi connectivity index (χ0n) is 30.9. The fourth-order valence-electron chi connectivity index (χ4n) is 7.50. The van der Waals surface area contributed by atoms with Gasteiger partial charge in [0.05, 0.1) is 11.4 Å². The van der Waals surface area contributed by atoms with Crippen molar-refractivity contribution in [1.82, 2.24) is 15.0 Å². The highest BCUT2D eigenvalue weighted by atomic mass is 14.9.